The first kappa shape index (κ1) is 14.9. The van der Waals surface area contributed by atoms with Gasteiger partial charge in [0, 0.05) is 6.54 Å². The van der Waals surface area contributed by atoms with Crippen LogP contribution >= 0.6 is 0 Å². The van der Waals surface area contributed by atoms with Crippen LogP contribution < -0.4 is 0 Å². The Morgan fingerprint density at radius 1 is 1.45 bits per heavy atom. The van der Waals surface area contributed by atoms with Crippen LogP contribution in [-0.2, 0) is 16.1 Å². The van der Waals surface area contributed by atoms with E-state index in [-0.39, 0.29) is 17.8 Å². The molecule has 2 rings (SSSR count). The Labute approximate surface area is 120 Å². The number of ether oxygens (including phenoxy) is 1. The molecule has 0 spiro atoms. The number of phenolic OH excluding ortho intramolecular Hbond substituents is 1. The molecule has 4 nitrogen and oxygen atoms in total. The monoisotopic (exact) mass is 277 g/mol. The molecule has 1 heterocycles. The number of benzene rings is 1. The first-order valence-corrected chi connectivity index (χ1v) is 7.10. The summed E-state index contributed by atoms with van der Waals surface area (Å²) in [6.45, 7) is 7.22. The topological polar surface area (TPSA) is 49.8 Å². The molecular formula is C16H23NO3. The van der Waals surface area contributed by atoms with E-state index in [4.69, 9.17) is 4.74 Å². The van der Waals surface area contributed by atoms with Gasteiger partial charge >= 0.3 is 5.97 Å². The number of hydrogen-bond acceptors (Lipinski definition) is 4. The number of hydrogen-bond donors (Lipinski definition) is 1. The van der Waals surface area contributed by atoms with Crippen molar-refractivity contribution in [1.29, 1.82) is 0 Å². The van der Waals surface area contributed by atoms with Crippen molar-refractivity contribution in [3.05, 3.63) is 29.8 Å². The van der Waals surface area contributed by atoms with E-state index in [1.54, 1.807) is 12.1 Å². The number of rotatable bonds is 3. The van der Waals surface area contributed by atoms with Crippen LogP contribution in [0.15, 0.2) is 24.3 Å². The van der Waals surface area contributed by atoms with Crippen LogP contribution in [0.25, 0.3) is 0 Å². The van der Waals surface area contributed by atoms with Gasteiger partial charge in [0.25, 0.3) is 0 Å². The summed E-state index contributed by atoms with van der Waals surface area (Å²) in [5, 5.41) is 9.50. The molecule has 1 aliphatic heterocycles. The van der Waals surface area contributed by atoms with Gasteiger partial charge in [0.15, 0.2) is 0 Å². The normalized spacial score (nSPS) is 20.1. The Hall–Kier alpha value is -1.55. The molecule has 1 atom stereocenters. The van der Waals surface area contributed by atoms with Crippen molar-refractivity contribution < 1.29 is 14.6 Å². The predicted octanol–water partition coefficient (Wildman–Crippen LogP) is 2.70. The van der Waals surface area contributed by atoms with Crippen LogP contribution in [0, 0.1) is 0 Å². The van der Waals surface area contributed by atoms with Gasteiger partial charge in [0.1, 0.15) is 17.4 Å². The lowest BCUT2D eigenvalue weighted by atomic mass is 10.1. The Morgan fingerprint density at radius 3 is 2.85 bits per heavy atom. The van der Waals surface area contributed by atoms with Crippen LogP contribution in [0.3, 0.4) is 0 Å². The van der Waals surface area contributed by atoms with Crippen molar-refractivity contribution in [1.82, 2.24) is 4.90 Å². The van der Waals surface area contributed by atoms with Crippen LogP contribution in [0.5, 0.6) is 5.75 Å². The second-order valence-electron chi connectivity index (χ2n) is 6.33. The van der Waals surface area contributed by atoms with Crippen LogP contribution in [0.2, 0.25) is 0 Å². The minimum atomic E-state index is -0.448. The Kier molecular flexibility index (Phi) is 4.33. The number of nitrogens with zero attached hydrogens (tertiary/aromatic N) is 1. The fourth-order valence-corrected chi connectivity index (χ4v) is 2.54. The summed E-state index contributed by atoms with van der Waals surface area (Å²) in [6.07, 6.45) is 1.84. The van der Waals surface area contributed by atoms with Gasteiger partial charge in [-0.2, -0.15) is 0 Å². The largest absolute Gasteiger partial charge is 0.508 e. The summed E-state index contributed by atoms with van der Waals surface area (Å²) >= 11 is 0. The molecular weight excluding hydrogens is 254 g/mol. The second kappa shape index (κ2) is 5.83. The van der Waals surface area contributed by atoms with Gasteiger partial charge in [0.2, 0.25) is 0 Å². The highest BCUT2D eigenvalue weighted by molar-refractivity contribution is 5.76. The number of carbonyl (C=O) groups excluding carboxylic acids is 1. The molecule has 1 aliphatic rings. The van der Waals surface area contributed by atoms with Gasteiger partial charge < -0.3 is 9.84 Å². The summed E-state index contributed by atoms with van der Waals surface area (Å²) < 4.78 is 5.48. The predicted molar refractivity (Wildman–Crippen MR) is 77.4 cm³/mol. The van der Waals surface area contributed by atoms with Crippen LogP contribution in [0.4, 0.5) is 0 Å². The molecule has 1 N–H and O–H groups in total. The minimum absolute atomic E-state index is 0.143. The molecule has 0 radical (unpaired) electrons. The average molecular weight is 277 g/mol. The van der Waals surface area contributed by atoms with Crippen molar-refractivity contribution in [2.75, 3.05) is 6.54 Å². The number of aromatic hydroxyl groups is 1. The second-order valence-corrected chi connectivity index (χ2v) is 6.33. The van der Waals surface area contributed by atoms with Crippen molar-refractivity contribution in [3.8, 4) is 5.75 Å². The molecule has 0 unspecified atom stereocenters. The van der Waals surface area contributed by atoms with E-state index in [2.05, 4.69) is 4.90 Å². The third-order valence-electron chi connectivity index (χ3n) is 3.34. The van der Waals surface area contributed by atoms with Gasteiger partial charge in [-0.1, -0.05) is 12.1 Å². The third kappa shape index (κ3) is 3.97. The standard InChI is InChI=1S/C16H23NO3/c1-16(2,3)20-15(19)14-8-5-9-17(14)11-12-6-4-7-13(18)10-12/h4,6-7,10,14,18H,5,8-9,11H2,1-3H3/t14-/m0/s1. The van der Waals surface area contributed by atoms with Crippen molar-refractivity contribution >= 4 is 5.97 Å². The lowest BCUT2D eigenvalue weighted by molar-refractivity contribution is -0.160. The Morgan fingerprint density at radius 2 is 2.20 bits per heavy atom. The molecule has 1 aromatic rings. The van der Waals surface area contributed by atoms with Crippen molar-refractivity contribution in [3.63, 3.8) is 0 Å². The minimum Gasteiger partial charge on any atom is -0.508 e. The van der Waals surface area contributed by atoms with Gasteiger partial charge in [-0.05, 0) is 57.9 Å². The quantitative estimate of drug-likeness (QED) is 0.863. The van der Waals surface area contributed by atoms with Crippen LogP contribution in [-0.4, -0.2) is 34.2 Å². The SMILES string of the molecule is CC(C)(C)OC(=O)[C@@H]1CCCN1Cc1cccc(O)c1. The summed E-state index contributed by atoms with van der Waals surface area (Å²) in [5.74, 6) is 0.116. The zero-order valence-corrected chi connectivity index (χ0v) is 12.4. The lowest BCUT2D eigenvalue weighted by Gasteiger charge is -2.27. The van der Waals surface area contributed by atoms with E-state index in [1.807, 2.05) is 32.9 Å². The number of esters is 1. The summed E-state index contributed by atoms with van der Waals surface area (Å²) in [6, 6.07) is 7.01. The molecule has 0 amide bonds. The van der Waals surface area contributed by atoms with E-state index in [0.717, 1.165) is 24.9 Å². The summed E-state index contributed by atoms with van der Waals surface area (Å²) in [7, 11) is 0. The van der Waals surface area contributed by atoms with Gasteiger partial charge in [0.05, 0.1) is 0 Å². The smallest absolute Gasteiger partial charge is 0.323 e. The molecule has 0 aromatic heterocycles. The zero-order valence-electron chi connectivity index (χ0n) is 12.4. The molecule has 1 aromatic carbocycles. The van der Waals surface area contributed by atoms with Gasteiger partial charge in [-0.15, -0.1) is 0 Å². The fourth-order valence-electron chi connectivity index (χ4n) is 2.54. The highest BCUT2D eigenvalue weighted by Gasteiger charge is 2.33. The molecule has 0 saturated carbocycles. The average Bonchev–Trinajstić information content (AvgIpc) is 2.75. The maximum Gasteiger partial charge on any atom is 0.323 e. The maximum atomic E-state index is 12.2. The van der Waals surface area contributed by atoms with Crippen molar-refractivity contribution in [2.24, 2.45) is 0 Å². The number of carbonyl (C=O) groups is 1. The summed E-state index contributed by atoms with van der Waals surface area (Å²) in [4.78, 5) is 14.3. The molecule has 0 bridgehead atoms. The number of likely N-dealkylation sites (tertiary alicyclic amines) is 1. The van der Waals surface area contributed by atoms with E-state index in [1.165, 1.54) is 0 Å². The van der Waals surface area contributed by atoms with E-state index >= 15 is 0 Å². The van der Waals surface area contributed by atoms with Gasteiger partial charge in [-0.25, -0.2) is 0 Å². The fraction of sp³-hybridized carbons (Fsp3) is 0.562. The first-order chi connectivity index (χ1) is 9.35. The maximum absolute atomic E-state index is 12.2. The third-order valence-corrected chi connectivity index (χ3v) is 3.34. The highest BCUT2D eigenvalue weighted by Crippen LogP contribution is 2.24. The lowest BCUT2D eigenvalue weighted by Crippen LogP contribution is -2.40. The molecule has 4 heteroatoms. The summed E-state index contributed by atoms with van der Waals surface area (Å²) in [5.41, 5.74) is 0.566. The first-order valence-electron chi connectivity index (χ1n) is 7.10. The Bertz CT molecular complexity index is 479. The highest BCUT2D eigenvalue weighted by atomic mass is 16.6. The van der Waals surface area contributed by atoms with Gasteiger partial charge in [-0.3, -0.25) is 9.69 Å². The molecule has 1 saturated heterocycles. The molecule has 110 valence electrons. The van der Waals surface area contributed by atoms with E-state index in [0.29, 0.717) is 6.54 Å². The molecule has 0 aliphatic carbocycles. The molecule has 20 heavy (non-hydrogen) atoms. The van der Waals surface area contributed by atoms with E-state index < -0.39 is 5.60 Å². The van der Waals surface area contributed by atoms with E-state index in [9.17, 15) is 9.90 Å². The van der Waals surface area contributed by atoms with Crippen LogP contribution in [0.1, 0.15) is 39.2 Å². The molecule has 1 fully saturated rings. The Balaban J connectivity index is 2.02. The van der Waals surface area contributed by atoms with Crippen molar-refractivity contribution in [2.45, 2.75) is 51.8 Å². The number of phenols is 1. The zero-order chi connectivity index (χ0) is 14.8.